The van der Waals surface area contributed by atoms with E-state index in [1.165, 1.54) is 6.33 Å². The van der Waals surface area contributed by atoms with Crippen LogP contribution in [-0.4, -0.2) is 35.1 Å². The van der Waals surface area contributed by atoms with Crippen LogP contribution in [0.4, 0.5) is 5.82 Å². The first-order valence-electron chi connectivity index (χ1n) is 7.68. The van der Waals surface area contributed by atoms with Gasteiger partial charge in [-0.15, -0.1) is 0 Å². The van der Waals surface area contributed by atoms with Gasteiger partial charge < -0.3 is 10.3 Å². The van der Waals surface area contributed by atoms with Crippen molar-refractivity contribution in [2.75, 3.05) is 5.32 Å². The predicted molar refractivity (Wildman–Crippen MR) is 94.3 cm³/mol. The fraction of sp³-hybridized carbons (Fsp3) is 0. The fourth-order valence-electron chi connectivity index (χ4n) is 2.76. The quantitative estimate of drug-likeness (QED) is 0.522. The van der Waals surface area contributed by atoms with Crippen molar-refractivity contribution in [3.05, 3.63) is 55.0 Å². The molecule has 0 amide bonds. The van der Waals surface area contributed by atoms with Crippen LogP contribution in [0.3, 0.4) is 0 Å². The summed E-state index contributed by atoms with van der Waals surface area (Å²) in [5, 5.41) is 11.3. The summed E-state index contributed by atoms with van der Waals surface area (Å²) in [6.45, 7) is 0. The lowest BCUT2D eigenvalue weighted by molar-refractivity contribution is 1.09. The summed E-state index contributed by atoms with van der Waals surface area (Å²) < 4.78 is 0. The molecule has 4 aromatic rings. The van der Waals surface area contributed by atoms with E-state index in [0.29, 0.717) is 11.5 Å². The van der Waals surface area contributed by atoms with Gasteiger partial charge in [-0.2, -0.15) is 5.10 Å². The maximum Gasteiger partial charge on any atom is 0.181 e. The van der Waals surface area contributed by atoms with Gasteiger partial charge in [-0.3, -0.25) is 5.10 Å². The van der Waals surface area contributed by atoms with E-state index in [-0.39, 0.29) is 0 Å². The minimum absolute atomic E-state index is 0.630. The van der Waals surface area contributed by atoms with E-state index in [2.05, 4.69) is 40.4 Å². The average Bonchev–Trinajstić information content (AvgIpc) is 3.19. The third kappa shape index (κ3) is 2.27. The number of nitrogens with zero attached hydrogens (tertiary/aromatic N) is 5. The first kappa shape index (κ1) is 13.6. The van der Waals surface area contributed by atoms with Crippen LogP contribution in [0.5, 0.6) is 0 Å². The number of aromatic amines is 2. The van der Waals surface area contributed by atoms with Crippen molar-refractivity contribution >= 4 is 22.9 Å². The zero-order chi connectivity index (χ0) is 16.6. The molecule has 1 aliphatic rings. The maximum absolute atomic E-state index is 4.61. The first-order valence-corrected chi connectivity index (χ1v) is 7.68. The number of pyridine rings is 1. The van der Waals surface area contributed by atoms with Gasteiger partial charge in [-0.1, -0.05) is 6.08 Å². The molecule has 1 aliphatic heterocycles. The monoisotopic (exact) mass is 328 g/mol. The number of aromatic nitrogens is 7. The largest absolute Gasteiger partial charge is 0.345 e. The Balaban J connectivity index is 1.65. The number of rotatable bonds is 2. The molecule has 0 bridgehead atoms. The number of anilines is 1. The van der Waals surface area contributed by atoms with Gasteiger partial charge >= 0.3 is 0 Å². The van der Waals surface area contributed by atoms with Gasteiger partial charge in [0.1, 0.15) is 12.0 Å². The van der Waals surface area contributed by atoms with E-state index in [1.807, 2.05) is 30.5 Å². The minimum atomic E-state index is 0.630. The predicted octanol–water partition coefficient (Wildman–Crippen LogP) is 2.76. The Morgan fingerprint density at radius 2 is 1.88 bits per heavy atom. The molecular formula is C17H12N8. The van der Waals surface area contributed by atoms with Gasteiger partial charge in [0.25, 0.3) is 0 Å². The molecule has 0 saturated carbocycles. The Hall–Kier alpha value is -3.81. The SMILES string of the molecule is C1=CNc2nc(-c3[nH]nc4ncc(-c5cncnc5)cc34)[nH]c2C=C1. The van der Waals surface area contributed by atoms with Crippen molar-refractivity contribution in [2.45, 2.75) is 0 Å². The number of fused-ring (bicyclic) bond motifs is 2. The summed E-state index contributed by atoms with van der Waals surface area (Å²) in [7, 11) is 0. The molecule has 0 unspecified atom stereocenters. The van der Waals surface area contributed by atoms with E-state index in [9.17, 15) is 0 Å². The van der Waals surface area contributed by atoms with Crippen molar-refractivity contribution < 1.29 is 0 Å². The molecule has 0 aliphatic carbocycles. The molecule has 0 fully saturated rings. The molecule has 25 heavy (non-hydrogen) atoms. The van der Waals surface area contributed by atoms with Crippen molar-refractivity contribution in [1.29, 1.82) is 0 Å². The van der Waals surface area contributed by atoms with Gasteiger partial charge in [-0.25, -0.2) is 19.9 Å². The number of hydrogen-bond donors (Lipinski definition) is 3. The van der Waals surface area contributed by atoms with Crippen LogP contribution in [-0.2, 0) is 0 Å². The molecule has 8 heteroatoms. The van der Waals surface area contributed by atoms with Crippen molar-refractivity contribution in [1.82, 2.24) is 35.1 Å². The summed E-state index contributed by atoms with van der Waals surface area (Å²) >= 11 is 0. The Morgan fingerprint density at radius 3 is 2.80 bits per heavy atom. The Kier molecular flexibility index (Phi) is 2.93. The molecule has 0 saturated heterocycles. The van der Waals surface area contributed by atoms with Gasteiger partial charge in [0, 0.05) is 35.9 Å². The van der Waals surface area contributed by atoms with Crippen molar-refractivity contribution in [3.8, 4) is 22.6 Å². The second kappa shape index (κ2) is 5.38. The molecule has 0 aromatic carbocycles. The highest BCUT2D eigenvalue weighted by molar-refractivity contribution is 5.92. The van der Waals surface area contributed by atoms with Gasteiger partial charge in [0.2, 0.25) is 0 Å². The molecule has 3 N–H and O–H groups in total. The Morgan fingerprint density at radius 1 is 0.960 bits per heavy atom. The summed E-state index contributed by atoms with van der Waals surface area (Å²) in [4.78, 5) is 20.5. The number of imidazole rings is 1. The summed E-state index contributed by atoms with van der Waals surface area (Å²) in [6.07, 6.45) is 14.4. The highest BCUT2D eigenvalue weighted by Gasteiger charge is 2.16. The van der Waals surface area contributed by atoms with Crippen LogP contribution in [0.25, 0.3) is 39.8 Å². The lowest BCUT2D eigenvalue weighted by Gasteiger charge is -2.00. The number of nitrogens with one attached hydrogen (secondary N) is 3. The zero-order valence-electron chi connectivity index (χ0n) is 12.9. The van der Waals surface area contributed by atoms with Crippen molar-refractivity contribution in [2.24, 2.45) is 0 Å². The van der Waals surface area contributed by atoms with E-state index in [1.54, 1.807) is 18.6 Å². The van der Waals surface area contributed by atoms with E-state index in [0.717, 1.165) is 33.7 Å². The van der Waals surface area contributed by atoms with Crippen LogP contribution in [0.1, 0.15) is 5.69 Å². The van der Waals surface area contributed by atoms with Gasteiger partial charge in [-0.05, 0) is 18.2 Å². The van der Waals surface area contributed by atoms with E-state index >= 15 is 0 Å². The average molecular weight is 328 g/mol. The summed E-state index contributed by atoms with van der Waals surface area (Å²) in [5.41, 5.74) is 4.14. The second-order valence-electron chi connectivity index (χ2n) is 5.53. The molecule has 8 nitrogen and oxygen atoms in total. The highest BCUT2D eigenvalue weighted by atomic mass is 15.2. The number of allylic oxidation sites excluding steroid dienone is 2. The van der Waals surface area contributed by atoms with E-state index in [4.69, 9.17) is 0 Å². The molecule has 0 radical (unpaired) electrons. The van der Waals surface area contributed by atoms with Crippen LogP contribution < -0.4 is 5.32 Å². The molecule has 5 rings (SSSR count). The number of H-pyrrole nitrogens is 2. The smallest absolute Gasteiger partial charge is 0.181 e. The summed E-state index contributed by atoms with van der Waals surface area (Å²) in [5.74, 6) is 1.46. The lowest BCUT2D eigenvalue weighted by Crippen LogP contribution is -1.88. The standard InChI is InChI=1S/C17H12N8/c1-2-4-20-16-13(3-1)22-17(23-16)14-12-5-10(8-21-15(12)25-24-14)11-6-18-9-19-7-11/h1-9,20H,(H,22,23)(H,21,24,25). The van der Waals surface area contributed by atoms with Crippen LogP contribution >= 0.6 is 0 Å². The minimum Gasteiger partial charge on any atom is -0.345 e. The molecule has 0 spiro atoms. The first-order chi connectivity index (χ1) is 12.4. The molecule has 4 aromatic heterocycles. The number of hydrogen-bond acceptors (Lipinski definition) is 6. The third-order valence-corrected chi connectivity index (χ3v) is 3.96. The Labute approximate surface area is 141 Å². The summed E-state index contributed by atoms with van der Waals surface area (Å²) in [6, 6.07) is 2.01. The van der Waals surface area contributed by atoms with Crippen LogP contribution in [0, 0.1) is 0 Å². The van der Waals surface area contributed by atoms with E-state index < -0.39 is 0 Å². The molecular weight excluding hydrogens is 316 g/mol. The topological polar surface area (TPSA) is 108 Å². The third-order valence-electron chi connectivity index (χ3n) is 3.96. The second-order valence-corrected chi connectivity index (χ2v) is 5.53. The van der Waals surface area contributed by atoms with Gasteiger partial charge in [0.15, 0.2) is 17.3 Å². The highest BCUT2D eigenvalue weighted by Crippen LogP contribution is 2.29. The fourth-order valence-corrected chi connectivity index (χ4v) is 2.76. The van der Waals surface area contributed by atoms with Crippen molar-refractivity contribution in [3.63, 3.8) is 0 Å². The normalized spacial score (nSPS) is 12.8. The molecule has 5 heterocycles. The maximum atomic E-state index is 4.61. The van der Waals surface area contributed by atoms with Gasteiger partial charge in [0.05, 0.1) is 11.1 Å². The van der Waals surface area contributed by atoms with Crippen LogP contribution in [0.15, 0.2) is 49.3 Å². The zero-order valence-corrected chi connectivity index (χ0v) is 12.9. The van der Waals surface area contributed by atoms with Crippen LogP contribution in [0.2, 0.25) is 0 Å². The molecule has 0 atom stereocenters. The Bertz CT molecular complexity index is 1120. The lowest BCUT2D eigenvalue weighted by atomic mass is 10.1. The molecule has 120 valence electrons.